The second-order valence-electron chi connectivity index (χ2n) is 5.54. The molecule has 3 heteroatoms. The molecule has 0 saturated heterocycles. The normalized spacial score (nSPS) is 28.6. The Morgan fingerprint density at radius 3 is 2.58 bits per heavy atom. The van der Waals surface area contributed by atoms with Gasteiger partial charge in [-0.15, -0.1) is 0 Å². The minimum absolute atomic E-state index is 0.249. The molecule has 1 fully saturated rings. The minimum atomic E-state index is -1.03. The van der Waals surface area contributed by atoms with Crippen LogP contribution in [0.3, 0.4) is 0 Å². The van der Waals surface area contributed by atoms with Gasteiger partial charge in [0.1, 0.15) is 11.9 Å². The van der Waals surface area contributed by atoms with Crippen LogP contribution in [0.4, 0.5) is 4.39 Å². The maximum atomic E-state index is 13.8. The standard InChI is InChI=1S/C16H20FNO/c1-2-12-7-9-16(11-18,10-8-12)15(19)13-5-3-4-6-14(13)17/h3-6,12,15,19H,2,7-10H2,1H3. The van der Waals surface area contributed by atoms with Crippen LogP contribution in [0.1, 0.15) is 50.7 Å². The first-order chi connectivity index (χ1) is 9.13. The van der Waals surface area contributed by atoms with Crippen LogP contribution in [-0.2, 0) is 0 Å². The largest absolute Gasteiger partial charge is 0.387 e. The van der Waals surface area contributed by atoms with Gasteiger partial charge in [-0.25, -0.2) is 4.39 Å². The first kappa shape index (κ1) is 14.0. The van der Waals surface area contributed by atoms with E-state index in [1.165, 1.54) is 6.07 Å². The van der Waals surface area contributed by atoms with Gasteiger partial charge in [0, 0.05) is 5.56 Å². The Balaban J connectivity index is 2.23. The van der Waals surface area contributed by atoms with E-state index in [0.717, 1.165) is 19.3 Å². The molecule has 0 aliphatic heterocycles. The van der Waals surface area contributed by atoms with Crippen molar-refractivity contribution in [3.05, 3.63) is 35.6 Å². The summed E-state index contributed by atoms with van der Waals surface area (Å²) in [7, 11) is 0. The van der Waals surface area contributed by atoms with Crippen LogP contribution in [0.2, 0.25) is 0 Å². The summed E-state index contributed by atoms with van der Waals surface area (Å²) in [4.78, 5) is 0. The van der Waals surface area contributed by atoms with E-state index in [1.807, 2.05) is 0 Å². The topological polar surface area (TPSA) is 44.0 Å². The van der Waals surface area contributed by atoms with Crippen molar-refractivity contribution >= 4 is 0 Å². The van der Waals surface area contributed by atoms with Crippen LogP contribution in [0, 0.1) is 28.5 Å². The highest BCUT2D eigenvalue weighted by atomic mass is 19.1. The van der Waals surface area contributed by atoms with Gasteiger partial charge in [-0.3, -0.25) is 0 Å². The lowest BCUT2D eigenvalue weighted by atomic mass is 9.66. The number of nitriles is 1. The van der Waals surface area contributed by atoms with Crippen LogP contribution in [-0.4, -0.2) is 5.11 Å². The average molecular weight is 261 g/mol. The summed E-state index contributed by atoms with van der Waals surface area (Å²) in [5.74, 6) is 0.205. The van der Waals surface area contributed by atoms with Crippen LogP contribution >= 0.6 is 0 Å². The lowest BCUT2D eigenvalue weighted by Crippen LogP contribution is -2.32. The molecule has 19 heavy (non-hydrogen) atoms. The van der Waals surface area contributed by atoms with Gasteiger partial charge in [-0.05, 0) is 37.7 Å². The number of hydrogen-bond acceptors (Lipinski definition) is 2. The van der Waals surface area contributed by atoms with Crippen molar-refractivity contribution in [2.24, 2.45) is 11.3 Å². The number of nitrogens with zero attached hydrogens (tertiary/aromatic N) is 1. The van der Waals surface area contributed by atoms with E-state index in [-0.39, 0.29) is 5.56 Å². The van der Waals surface area contributed by atoms with Crippen LogP contribution in [0.15, 0.2) is 24.3 Å². The molecule has 2 nitrogen and oxygen atoms in total. The van der Waals surface area contributed by atoms with E-state index in [9.17, 15) is 14.8 Å². The molecule has 0 bridgehead atoms. The van der Waals surface area contributed by atoms with E-state index in [1.54, 1.807) is 18.2 Å². The summed E-state index contributed by atoms with van der Waals surface area (Å²) < 4.78 is 13.8. The van der Waals surface area contributed by atoms with E-state index in [2.05, 4.69) is 13.0 Å². The van der Waals surface area contributed by atoms with Crippen molar-refractivity contribution < 1.29 is 9.50 Å². The van der Waals surface area contributed by atoms with Gasteiger partial charge < -0.3 is 5.11 Å². The molecule has 0 heterocycles. The van der Waals surface area contributed by atoms with Crippen molar-refractivity contribution in [1.82, 2.24) is 0 Å². The summed E-state index contributed by atoms with van der Waals surface area (Å²) in [6.07, 6.45) is 3.26. The predicted octanol–water partition coefficient (Wildman–Crippen LogP) is 3.97. The Bertz CT molecular complexity index is 472. The lowest BCUT2D eigenvalue weighted by molar-refractivity contribution is 0.0219. The Hall–Kier alpha value is -1.40. The molecule has 0 amide bonds. The fourth-order valence-corrected chi connectivity index (χ4v) is 3.04. The molecule has 1 aromatic carbocycles. The summed E-state index contributed by atoms with van der Waals surface area (Å²) in [5, 5.41) is 20.0. The second kappa shape index (κ2) is 5.71. The summed E-state index contributed by atoms with van der Waals surface area (Å²) in [6.45, 7) is 2.15. The zero-order chi connectivity index (χ0) is 13.9. The third-order valence-electron chi connectivity index (χ3n) is 4.52. The smallest absolute Gasteiger partial charge is 0.129 e. The fraction of sp³-hybridized carbons (Fsp3) is 0.562. The minimum Gasteiger partial charge on any atom is -0.387 e. The second-order valence-corrected chi connectivity index (χ2v) is 5.54. The lowest BCUT2D eigenvalue weighted by Gasteiger charge is -2.38. The highest BCUT2D eigenvalue weighted by molar-refractivity contribution is 5.25. The van der Waals surface area contributed by atoms with E-state index in [4.69, 9.17) is 0 Å². The number of hydrogen-bond donors (Lipinski definition) is 1. The third kappa shape index (κ3) is 2.64. The monoisotopic (exact) mass is 261 g/mol. The van der Waals surface area contributed by atoms with Gasteiger partial charge in [0.15, 0.2) is 0 Å². The molecule has 1 aliphatic carbocycles. The molecular formula is C16H20FNO. The number of benzene rings is 1. The van der Waals surface area contributed by atoms with Crippen molar-refractivity contribution in [3.63, 3.8) is 0 Å². The number of aliphatic hydroxyl groups is 1. The Labute approximate surface area is 113 Å². The maximum Gasteiger partial charge on any atom is 0.129 e. The highest BCUT2D eigenvalue weighted by Gasteiger charge is 2.42. The molecule has 1 saturated carbocycles. The Morgan fingerprint density at radius 1 is 1.42 bits per heavy atom. The first-order valence-electron chi connectivity index (χ1n) is 6.96. The molecule has 102 valence electrons. The molecule has 1 atom stereocenters. The summed E-state index contributed by atoms with van der Waals surface area (Å²) >= 11 is 0. The zero-order valence-electron chi connectivity index (χ0n) is 11.3. The Kier molecular flexibility index (Phi) is 4.21. The number of aliphatic hydroxyl groups excluding tert-OH is 1. The predicted molar refractivity (Wildman–Crippen MR) is 71.7 cm³/mol. The maximum absolute atomic E-state index is 13.8. The van der Waals surface area contributed by atoms with Crippen molar-refractivity contribution in [3.8, 4) is 6.07 Å². The molecular weight excluding hydrogens is 241 g/mol. The zero-order valence-corrected chi connectivity index (χ0v) is 11.3. The summed E-state index contributed by atoms with van der Waals surface area (Å²) in [6, 6.07) is 8.47. The molecule has 0 spiro atoms. The number of halogens is 1. The van der Waals surface area contributed by atoms with E-state index >= 15 is 0 Å². The van der Waals surface area contributed by atoms with Crippen LogP contribution in [0.5, 0.6) is 0 Å². The average Bonchev–Trinajstić information content (AvgIpc) is 2.47. The van der Waals surface area contributed by atoms with Crippen molar-refractivity contribution in [2.75, 3.05) is 0 Å². The molecule has 1 N–H and O–H groups in total. The van der Waals surface area contributed by atoms with Gasteiger partial charge in [0.05, 0.1) is 11.5 Å². The molecule has 1 aliphatic rings. The van der Waals surface area contributed by atoms with Gasteiger partial charge in [-0.2, -0.15) is 5.26 Å². The molecule has 2 rings (SSSR count). The molecule has 0 radical (unpaired) electrons. The van der Waals surface area contributed by atoms with Crippen LogP contribution in [0.25, 0.3) is 0 Å². The Morgan fingerprint density at radius 2 is 2.05 bits per heavy atom. The van der Waals surface area contributed by atoms with Crippen LogP contribution < -0.4 is 0 Å². The third-order valence-corrected chi connectivity index (χ3v) is 4.52. The highest BCUT2D eigenvalue weighted by Crippen LogP contribution is 2.48. The van der Waals surface area contributed by atoms with Gasteiger partial charge in [0.2, 0.25) is 0 Å². The fourth-order valence-electron chi connectivity index (χ4n) is 3.04. The molecule has 1 aromatic rings. The summed E-state index contributed by atoms with van der Waals surface area (Å²) in [5.41, 5.74) is -0.576. The van der Waals surface area contributed by atoms with Gasteiger partial charge >= 0.3 is 0 Å². The molecule has 1 unspecified atom stereocenters. The van der Waals surface area contributed by atoms with Crippen molar-refractivity contribution in [2.45, 2.75) is 45.1 Å². The van der Waals surface area contributed by atoms with Gasteiger partial charge in [-0.1, -0.05) is 31.5 Å². The number of rotatable bonds is 3. The van der Waals surface area contributed by atoms with Gasteiger partial charge in [0.25, 0.3) is 0 Å². The first-order valence-corrected chi connectivity index (χ1v) is 6.96. The van der Waals surface area contributed by atoms with E-state index < -0.39 is 17.3 Å². The molecule has 0 aromatic heterocycles. The SMILES string of the molecule is CCC1CCC(C#N)(C(O)c2ccccc2F)CC1. The quantitative estimate of drug-likeness (QED) is 0.894. The van der Waals surface area contributed by atoms with E-state index in [0.29, 0.717) is 18.8 Å². The van der Waals surface area contributed by atoms with Crippen molar-refractivity contribution in [1.29, 1.82) is 5.26 Å².